The summed E-state index contributed by atoms with van der Waals surface area (Å²) in [5.74, 6) is 3.10. The lowest BCUT2D eigenvalue weighted by atomic mass is 9.85. The largest absolute Gasteiger partial charge is 0.348 e. The van der Waals surface area contributed by atoms with Crippen molar-refractivity contribution in [2.45, 2.75) is 159 Å². The van der Waals surface area contributed by atoms with Crippen LogP contribution < -0.4 is 37.2 Å². The molecule has 4 aliphatic rings. The van der Waals surface area contributed by atoms with E-state index in [0.29, 0.717) is 17.8 Å². The van der Waals surface area contributed by atoms with Crippen LogP contribution in [0.1, 0.15) is 112 Å². The summed E-state index contributed by atoms with van der Waals surface area (Å²) < 4.78 is 0. The second-order valence-electron chi connectivity index (χ2n) is 22.6. The van der Waals surface area contributed by atoms with Gasteiger partial charge in [-0.1, -0.05) is 100 Å². The van der Waals surface area contributed by atoms with Gasteiger partial charge in [-0.3, -0.25) is 33.6 Å². The molecule has 7 amide bonds. The molecule has 7 rings (SSSR count). The number of rotatable bonds is 15. The molecule has 7 N–H and O–H groups in total. The monoisotopic (exact) mass is 1030 g/mol. The van der Waals surface area contributed by atoms with E-state index in [0.717, 1.165) is 55.2 Å². The molecule has 16 nitrogen and oxygen atoms in total. The highest BCUT2D eigenvalue weighted by Crippen LogP contribution is 2.34. The fourth-order valence-corrected chi connectivity index (χ4v) is 13.7. The van der Waals surface area contributed by atoms with Crippen LogP contribution in [0.3, 0.4) is 0 Å². The van der Waals surface area contributed by atoms with Crippen LogP contribution in [0.15, 0.2) is 72.8 Å². The SMILES string of the molecule is CNC(C)C(=O)NC(Cc1ccc(C#CC(=O)N[C@H]2C[C@@H](C(=O)N[C@@H]3CCCc4ccccc43)N(C(=O)C(NC(=O)C(C)NC)C(C)(C)C)C2)cc1)C(=O)N1C[Si](C)(C)CC1C(=O)N[C@@H]1CCCc2ccccc21. The minimum absolute atomic E-state index is 0.0332. The van der Waals surface area contributed by atoms with E-state index in [2.05, 4.69) is 80.4 Å². The quantitative estimate of drug-likeness (QED) is 0.0873. The van der Waals surface area contributed by atoms with E-state index in [4.69, 9.17) is 0 Å². The van der Waals surface area contributed by atoms with Crippen molar-refractivity contribution >= 4 is 49.4 Å². The fraction of sp³-hybridized carbons (Fsp3) is 0.526. The van der Waals surface area contributed by atoms with Crippen LogP contribution in [-0.4, -0.2) is 128 Å². The number of hydrogen-bond acceptors (Lipinski definition) is 9. The van der Waals surface area contributed by atoms with Crippen molar-refractivity contribution in [3.8, 4) is 11.8 Å². The van der Waals surface area contributed by atoms with E-state index < -0.39 is 67.6 Å². The predicted molar refractivity (Wildman–Crippen MR) is 288 cm³/mol. The highest BCUT2D eigenvalue weighted by molar-refractivity contribution is 6.79. The molecule has 0 bridgehead atoms. The Balaban J connectivity index is 1.04. The van der Waals surface area contributed by atoms with E-state index in [1.54, 1.807) is 57.1 Å². The molecule has 2 fully saturated rings. The molecule has 17 heteroatoms. The number of likely N-dealkylation sites (tertiary alicyclic amines) is 1. The first kappa shape index (κ1) is 55.4. The summed E-state index contributed by atoms with van der Waals surface area (Å²) in [5, 5.41) is 21.2. The molecule has 5 unspecified atom stereocenters. The lowest BCUT2D eigenvalue weighted by molar-refractivity contribution is -0.144. The molecular weight excluding hydrogens is 951 g/mol. The second-order valence-corrected chi connectivity index (χ2v) is 27.7. The summed E-state index contributed by atoms with van der Waals surface area (Å²) in [6, 6.07) is 18.4. The van der Waals surface area contributed by atoms with Crippen molar-refractivity contribution < 1.29 is 33.6 Å². The Labute approximate surface area is 438 Å². The van der Waals surface area contributed by atoms with Crippen LogP contribution in [0.25, 0.3) is 0 Å². The number of benzene rings is 3. The van der Waals surface area contributed by atoms with E-state index >= 15 is 0 Å². The van der Waals surface area contributed by atoms with Gasteiger partial charge in [0.2, 0.25) is 35.4 Å². The average molecular weight is 1030 g/mol. The van der Waals surface area contributed by atoms with Gasteiger partial charge in [0.15, 0.2) is 0 Å². The van der Waals surface area contributed by atoms with Gasteiger partial charge >= 0.3 is 0 Å². The Morgan fingerprint density at radius 1 is 0.689 bits per heavy atom. The smallest absolute Gasteiger partial charge is 0.296 e. The summed E-state index contributed by atoms with van der Waals surface area (Å²) in [5.41, 5.74) is 5.15. The number of amides is 7. The normalized spacial score (nSPS) is 22.5. The van der Waals surface area contributed by atoms with Crippen molar-refractivity contribution in [3.05, 3.63) is 106 Å². The molecule has 74 heavy (non-hydrogen) atoms. The minimum atomic E-state index is -2.01. The molecule has 2 saturated heterocycles. The Bertz CT molecular complexity index is 2640. The van der Waals surface area contributed by atoms with E-state index in [-0.39, 0.29) is 61.0 Å². The zero-order valence-electron chi connectivity index (χ0n) is 44.7. The van der Waals surface area contributed by atoms with Gasteiger partial charge in [0.1, 0.15) is 24.2 Å². The van der Waals surface area contributed by atoms with Crippen molar-refractivity contribution in [1.82, 2.24) is 47.0 Å². The van der Waals surface area contributed by atoms with Gasteiger partial charge in [0.05, 0.1) is 32.2 Å². The molecule has 0 spiro atoms. The molecular formula is C57H77N9O7Si. The maximum Gasteiger partial charge on any atom is 0.296 e. The van der Waals surface area contributed by atoms with E-state index in [1.807, 2.05) is 51.1 Å². The predicted octanol–water partition coefficient (Wildman–Crippen LogP) is 3.74. The number of carbonyl (C=O) groups is 7. The number of fused-ring (bicyclic) bond motifs is 2. The lowest BCUT2D eigenvalue weighted by Gasteiger charge is -2.36. The third-order valence-electron chi connectivity index (χ3n) is 15.3. The van der Waals surface area contributed by atoms with Crippen LogP contribution >= 0.6 is 0 Å². The highest BCUT2D eigenvalue weighted by Gasteiger charge is 2.48. The maximum absolute atomic E-state index is 14.7. The van der Waals surface area contributed by atoms with Gasteiger partial charge in [-0.25, -0.2) is 0 Å². The molecule has 0 aromatic heterocycles. The third kappa shape index (κ3) is 13.5. The number of likely N-dealkylation sites (N-methyl/N-ethyl adjacent to an activating group) is 2. The van der Waals surface area contributed by atoms with Crippen molar-refractivity contribution in [1.29, 1.82) is 0 Å². The number of carbonyl (C=O) groups excluding carboxylic acids is 7. The standard InChI is InChI=1S/C57H77N9O7Si/c1-35(58-6)51(68)63-46(55(72)66-34-74(8,9)33-48(66)54(71)62-45-23-15-19-40-17-11-13-21-43(40)45)30-38-26-24-37(25-27-38)28-29-49(67)60-41-31-47(53(70)61-44-22-14-18-39-16-10-12-20-42(39)44)65(32-41)56(73)50(57(3,4)5)64-52(69)36(2)59-7/h10-13,16-17,20-21,24-27,35-36,41,44-48,50,58-59H,14-15,18-19,22-23,30-34H2,1-9H3,(H,60,67)(H,61,70)(H,62,71)(H,63,68)(H,64,69)/t35?,36?,41-,44+,45+,46?,47-,48?,50?/m0/s1. The van der Waals surface area contributed by atoms with E-state index in [9.17, 15) is 33.6 Å². The molecule has 2 aliphatic carbocycles. The maximum atomic E-state index is 14.7. The first-order chi connectivity index (χ1) is 35.2. The van der Waals surface area contributed by atoms with Crippen LogP contribution in [0.4, 0.5) is 0 Å². The zero-order valence-corrected chi connectivity index (χ0v) is 45.7. The molecule has 0 radical (unpaired) electrons. The topological polar surface area (TPSA) is 210 Å². The van der Waals surface area contributed by atoms with Gasteiger partial charge in [-0.05, 0) is 124 Å². The first-order valence-electron chi connectivity index (χ1n) is 26.4. The summed E-state index contributed by atoms with van der Waals surface area (Å²) in [7, 11) is 1.33. The van der Waals surface area contributed by atoms with Gasteiger partial charge in [0, 0.05) is 36.7 Å². The molecule has 2 heterocycles. The Hall–Kier alpha value is -6.35. The number of aryl methyl sites for hydroxylation is 2. The summed E-state index contributed by atoms with van der Waals surface area (Å²) in [6.07, 6.45) is 6.13. The first-order valence-corrected chi connectivity index (χ1v) is 29.8. The van der Waals surface area contributed by atoms with Crippen LogP contribution in [0.5, 0.6) is 0 Å². The van der Waals surface area contributed by atoms with Crippen LogP contribution in [0, 0.1) is 17.3 Å². The number of nitrogens with zero attached hydrogens (tertiary/aromatic N) is 2. The Kier molecular flexibility index (Phi) is 17.9. The van der Waals surface area contributed by atoms with Crippen molar-refractivity contribution in [2.75, 3.05) is 26.8 Å². The Morgan fingerprint density at radius 3 is 1.78 bits per heavy atom. The summed E-state index contributed by atoms with van der Waals surface area (Å²) in [4.78, 5) is 101. The van der Waals surface area contributed by atoms with Crippen molar-refractivity contribution in [2.24, 2.45) is 5.41 Å². The lowest BCUT2D eigenvalue weighted by Crippen LogP contribution is -2.59. The zero-order chi connectivity index (χ0) is 53.5. The van der Waals surface area contributed by atoms with E-state index in [1.165, 1.54) is 16.0 Å². The van der Waals surface area contributed by atoms with Crippen LogP contribution in [-0.2, 0) is 52.8 Å². The Morgan fingerprint density at radius 2 is 1.23 bits per heavy atom. The summed E-state index contributed by atoms with van der Waals surface area (Å²) in [6.45, 7) is 13.4. The van der Waals surface area contributed by atoms with Gasteiger partial charge in [0.25, 0.3) is 5.91 Å². The molecule has 2 aliphatic heterocycles. The molecule has 3 aromatic carbocycles. The molecule has 396 valence electrons. The second kappa shape index (κ2) is 23.9. The minimum Gasteiger partial charge on any atom is -0.348 e. The van der Waals surface area contributed by atoms with Crippen LogP contribution in [0.2, 0.25) is 19.1 Å². The number of nitrogens with one attached hydrogen (secondary N) is 7. The molecule has 9 atom stereocenters. The number of hydrogen-bond donors (Lipinski definition) is 7. The van der Waals surface area contributed by atoms with Gasteiger partial charge in [-0.15, -0.1) is 0 Å². The fourth-order valence-electron chi connectivity index (χ4n) is 10.9. The third-order valence-corrected chi connectivity index (χ3v) is 18.0. The van der Waals surface area contributed by atoms with Crippen molar-refractivity contribution in [3.63, 3.8) is 0 Å². The molecule has 3 aromatic rings. The van der Waals surface area contributed by atoms with Gasteiger partial charge < -0.3 is 47.0 Å². The highest BCUT2D eigenvalue weighted by atomic mass is 28.3. The van der Waals surface area contributed by atoms with Gasteiger partial charge in [-0.2, -0.15) is 0 Å². The summed E-state index contributed by atoms with van der Waals surface area (Å²) >= 11 is 0. The molecule has 0 saturated carbocycles. The average Bonchev–Trinajstić information content (AvgIpc) is 3.96.